The SMILES string of the molecule is OCc1[nH]nc2cc(Nc3ncc4cc(F)cc(OC5CCC(O)CC5)c4n3)ccc12. The van der Waals surface area contributed by atoms with E-state index in [0.717, 1.165) is 23.9 Å². The van der Waals surface area contributed by atoms with Crippen molar-refractivity contribution in [3.8, 4) is 5.75 Å². The fourth-order valence-electron chi connectivity index (χ4n) is 3.97. The van der Waals surface area contributed by atoms with Crippen LogP contribution >= 0.6 is 0 Å². The number of anilines is 2. The molecule has 9 heteroatoms. The summed E-state index contributed by atoms with van der Waals surface area (Å²) in [5, 5.41) is 30.6. The fourth-order valence-corrected chi connectivity index (χ4v) is 3.97. The van der Waals surface area contributed by atoms with Gasteiger partial charge >= 0.3 is 0 Å². The van der Waals surface area contributed by atoms with E-state index in [9.17, 15) is 14.6 Å². The van der Waals surface area contributed by atoms with Gasteiger partial charge in [-0.05, 0) is 49.9 Å². The number of rotatable bonds is 5. The molecular formula is C22H22FN5O3. The molecule has 160 valence electrons. The third-order valence-corrected chi connectivity index (χ3v) is 5.60. The summed E-state index contributed by atoms with van der Waals surface area (Å²) in [7, 11) is 0. The highest BCUT2D eigenvalue weighted by Crippen LogP contribution is 2.31. The lowest BCUT2D eigenvalue weighted by atomic mass is 9.95. The molecule has 4 aromatic rings. The van der Waals surface area contributed by atoms with Gasteiger partial charge in [0.25, 0.3) is 0 Å². The Morgan fingerprint density at radius 2 is 2.00 bits per heavy atom. The van der Waals surface area contributed by atoms with Gasteiger partial charge in [0.1, 0.15) is 17.1 Å². The number of aliphatic hydroxyl groups excluding tert-OH is 2. The van der Waals surface area contributed by atoms with E-state index < -0.39 is 5.82 Å². The number of hydrogen-bond donors (Lipinski definition) is 4. The molecule has 1 aliphatic rings. The first kappa shape index (κ1) is 19.7. The predicted molar refractivity (Wildman–Crippen MR) is 114 cm³/mol. The Morgan fingerprint density at radius 1 is 1.16 bits per heavy atom. The van der Waals surface area contributed by atoms with Crippen LogP contribution in [0.3, 0.4) is 0 Å². The summed E-state index contributed by atoms with van der Waals surface area (Å²) in [5.74, 6) is 0.309. The molecule has 0 unspecified atom stereocenters. The Kier molecular flexibility index (Phi) is 5.13. The molecule has 2 aromatic heterocycles. The van der Waals surface area contributed by atoms with Crippen LogP contribution in [-0.2, 0) is 6.61 Å². The first-order chi connectivity index (χ1) is 15.1. The Morgan fingerprint density at radius 3 is 2.81 bits per heavy atom. The zero-order valence-corrected chi connectivity index (χ0v) is 16.7. The highest BCUT2D eigenvalue weighted by atomic mass is 19.1. The van der Waals surface area contributed by atoms with Crippen LogP contribution in [0.25, 0.3) is 21.8 Å². The van der Waals surface area contributed by atoms with Gasteiger partial charge in [-0.1, -0.05) is 0 Å². The third kappa shape index (κ3) is 4.01. The summed E-state index contributed by atoms with van der Waals surface area (Å²) in [4.78, 5) is 8.86. The molecule has 1 aliphatic carbocycles. The number of aromatic nitrogens is 4. The summed E-state index contributed by atoms with van der Waals surface area (Å²) in [6.07, 6.45) is 3.97. The lowest BCUT2D eigenvalue weighted by Crippen LogP contribution is -2.26. The van der Waals surface area contributed by atoms with Crippen LogP contribution in [-0.4, -0.2) is 42.6 Å². The van der Waals surface area contributed by atoms with Crippen LogP contribution in [0.2, 0.25) is 0 Å². The molecule has 2 heterocycles. The minimum atomic E-state index is -0.411. The minimum Gasteiger partial charge on any atom is -0.488 e. The molecule has 0 aliphatic heterocycles. The highest BCUT2D eigenvalue weighted by molar-refractivity contribution is 5.87. The van der Waals surface area contributed by atoms with Crippen LogP contribution in [0, 0.1) is 5.82 Å². The second kappa shape index (κ2) is 8.09. The molecule has 0 saturated heterocycles. The Labute approximate surface area is 177 Å². The number of benzene rings is 2. The second-order valence-corrected chi connectivity index (χ2v) is 7.80. The molecule has 0 radical (unpaired) electrons. The van der Waals surface area contributed by atoms with E-state index >= 15 is 0 Å². The number of hydrogen-bond acceptors (Lipinski definition) is 7. The van der Waals surface area contributed by atoms with Crippen molar-refractivity contribution in [1.29, 1.82) is 0 Å². The summed E-state index contributed by atoms with van der Waals surface area (Å²) >= 11 is 0. The van der Waals surface area contributed by atoms with Crippen molar-refractivity contribution in [3.63, 3.8) is 0 Å². The van der Waals surface area contributed by atoms with Gasteiger partial charge in [-0.15, -0.1) is 0 Å². The van der Waals surface area contributed by atoms with Crippen LogP contribution in [0.1, 0.15) is 31.4 Å². The number of H-pyrrole nitrogens is 1. The normalized spacial score (nSPS) is 19.1. The summed E-state index contributed by atoms with van der Waals surface area (Å²) in [6, 6.07) is 8.25. The first-order valence-corrected chi connectivity index (χ1v) is 10.2. The fraction of sp³-hybridized carbons (Fsp3) is 0.318. The summed E-state index contributed by atoms with van der Waals surface area (Å²) in [6.45, 7) is -0.115. The lowest BCUT2D eigenvalue weighted by Gasteiger charge is -2.26. The predicted octanol–water partition coefficient (Wildman–Crippen LogP) is 3.56. The molecule has 0 spiro atoms. The van der Waals surface area contributed by atoms with E-state index in [1.54, 1.807) is 6.20 Å². The van der Waals surface area contributed by atoms with Gasteiger partial charge in [0, 0.05) is 28.7 Å². The monoisotopic (exact) mass is 423 g/mol. The van der Waals surface area contributed by atoms with Crippen molar-refractivity contribution in [3.05, 3.63) is 48.0 Å². The van der Waals surface area contributed by atoms with E-state index in [1.165, 1.54) is 12.1 Å². The third-order valence-electron chi connectivity index (χ3n) is 5.60. The number of nitrogens with one attached hydrogen (secondary N) is 2. The molecule has 1 fully saturated rings. The van der Waals surface area contributed by atoms with Crippen molar-refractivity contribution in [2.75, 3.05) is 5.32 Å². The van der Waals surface area contributed by atoms with Gasteiger partial charge in [-0.25, -0.2) is 14.4 Å². The summed E-state index contributed by atoms with van der Waals surface area (Å²) in [5.41, 5.74) is 2.62. The number of aromatic amines is 1. The average molecular weight is 423 g/mol. The van der Waals surface area contributed by atoms with E-state index in [-0.39, 0.29) is 18.8 Å². The lowest BCUT2D eigenvalue weighted by molar-refractivity contribution is 0.0671. The van der Waals surface area contributed by atoms with Crippen molar-refractivity contribution >= 4 is 33.4 Å². The van der Waals surface area contributed by atoms with Crippen molar-refractivity contribution in [2.45, 2.75) is 44.5 Å². The van der Waals surface area contributed by atoms with E-state index in [2.05, 4.69) is 25.5 Å². The van der Waals surface area contributed by atoms with Gasteiger partial charge in [0.15, 0.2) is 0 Å². The second-order valence-electron chi connectivity index (χ2n) is 7.80. The van der Waals surface area contributed by atoms with Gasteiger partial charge < -0.3 is 20.3 Å². The van der Waals surface area contributed by atoms with Gasteiger partial charge in [0.05, 0.1) is 30.0 Å². The molecule has 4 N–H and O–H groups in total. The summed E-state index contributed by atoms with van der Waals surface area (Å²) < 4.78 is 20.2. The van der Waals surface area contributed by atoms with Gasteiger partial charge in [-0.3, -0.25) is 5.10 Å². The number of nitrogens with zero attached hydrogens (tertiary/aromatic N) is 3. The molecule has 2 aromatic carbocycles. The van der Waals surface area contributed by atoms with Crippen molar-refractivity contribution < 1.29 is 19.3 Å². The Hall–Kier alpha value is -3.30. The average Bonchev–Trinajstić information content (AvgIpc) is 3.18. The van der Waals surface area contributed by atoms with Crippen LogP contribution < -0.4 is 10.1 Å². The number of fused-ring (bicyclic) bond motifs is 2. The maximum Gasteiger partial charge on any atom is 0.227 e. The maximum atomic E-state index is 14.1. The largest absolute Gasteiger partial charge is 0.488 e. The number of halogens is 1. The van der Waals surface area contributed by atoms with Crippen LogP contribution in [0.15, 0.2) is 36.5 Å². The quantitative estimate of drug-likeness (QED) is 0.388. The van der Waals surface area contributed by atoms with E-state index in [0.29, 0.717) is 46.7 Å². The van der Waals surface area contributed by atoms with E-state index in [1.807, 2.05) is 18.2 Å². The first-order valence-electron chi connectivity index (χ1n) is 10.2. The zero-order chi connectivity index (χ0) is 21.4. The number of aliphatic hydroxyl groups is 2. The molecule has 31 heavy (non-hydrogen) atoms. The maximum absolute atomic E-state index is 14.1. The van der Waals surface area contributed by atoms with Crippen molar-refractivity contribution in [1.82, 2.24) is 20.2 Å². The highest BCUT2D eigenvalue weighted by Gasteiger charge is 2.22. The van der Waals surface area contributed by atoms with Crippen LogP contribution in [0.5, 0.6) is 5.75 Å². The molecular weight excluding hydrogens is 401 g/mol. The smallest absolute Gasteiger partial charge is 0.227 e. The molecule has 8 nitrogen and oxygen atoms in total. The minimum absolute atomic E-state index is 0.0810. The van der Waals surface area contributed by atoms with Crippen LogP contribution in [0.4, 0.5) is 16.0 Å². The topological polar surface area (TPSA) is 116 Å². The van der Waals surface area contributed by atoms with E-state index in [4.69, 9.17) is 4.74 Å². The Bertz CT molecular complexity index is 1240. The Balaban J connectivity index is 1.44. The van der Waals surface area contributed by atoms with Gasteiger partial charge in [0.2, 0.25) is 5.95 Å². The standard InChI is InChI=1S/C22H22FN5O3/c23-13-7-12-10-24-22(25-14-1-6-17-18(9-14)27-28-19(17)11-29)26-21(12)20(8-13)31-16-4-2-15(30)3-5-16/h1,6-10,15-16,29-30H,2-5,11H2,(H,27,28)(H,24,25,26). The molecule has 5 rings (SSSR count). The molecule has 0 amide bonds. The zero-order valence-electron chi connectivity index (χ0n) is 16.7. The molecule has 1 saturated carbocycles. The molecule has 0 bridgehead atoms. The molecule has 0 atom stereocenters. The number of ether oxygens (including phenoxy) is 1. The van der Waals surface area contributed by atoms with Gasteiger partial charge in [-0.2, -0.15) is 5.10 Å². The van der Waals surface area contributed by atoms with Crippen molar-refractivity contribution in [2.24, 2.45) is 0 Å².